The summed E-state index contributed by atoms with van der Waals surface area (Å²) in [6, 6.07) is 6.58. The van der Waals surface area contributed by atoms with E-state index >= 15 is 0 Å². The highest BCUT2D eigenvalue weighted by Crippen LogP contribution is 2.25. The minimum absolute atomic E-state index is 0.569. The molecule has 82 valence electrons. The van der Waals surface area contributed by atoms with Crippen molar-refractivity contribution in [2.75, 3.05) is 0 Å². The summed E-state index contributed by atoms with van der Waals surface area (Å²) in [5.41, 5.74) is 4.94. The van der Waals surface area contributed by atoms with Gasteiger partial charge in [0.05, 0.1) is 0 Å². The number of nitrogens with zero attached hydrogens (tertiary/aromatic N) is 2. The van der Waals surface area contributed by atoms with Gasteiger partial charge in [-0.3, -0.25) is 0 Å². The van der Waals surface area contributed by atoms with E-state index in [0.29, 0.717) is 5.92 Å². The normalized spacial score (nSPS) is 10.8. The zero-order chi connectivity index (χ0) is 11.5. The molecule has 0 amide bonds. The Kier molecular flexibility index (Phi) is 3.00. The Morgan fingerprint density at radius 3 is 2.31 bits per heavy atom. The van der Waals surface area contributed by atoms with Crippen LogP contribution >= 0.6 is 0 Å². The van der Waals surface area contributed by atoms with Crippen LogP contribution in [0.1, 0.15) is 30.9 Å². The fraction of sp³-hybridized carbons (Fsp3) is 0.286. The van der Waals surface area contributed by atoms with Crippen LogP contribution in [-0.2, 0) is 0 Å². The van der Waals surface area contributed by atoms with E-state index in [-0.39, 0.29) is 0 Å². The van der Waals surface area contributed by atoms with Crippen molar-refractivity contribution in [1.29, 1.82) is 0 Å². The van der Waals surface area contributed by atoms with Crippen molar-refractivity contribution in [3.8, 4) is 11.1 Å². The van der Waals surface area contributed by atoms with Gasteiger partial charge in [0, 0.05) is 18.0 Å². The SMILES string of the molecule is Cc1cc(C(C)C)ccc1-c1cncnc1. The second-order valence-electron chi connectivity index (χ2n) is 4.36. The van der Waals surface area contributed by atoms with E-state index in [2.05, 4.69) is 48.9 Å². The molecule has 0 radical (unpaired) electrons. The van der Waals surface area contributed by atoms with Gasteiger partial charge in [-0.25, -0.2) is 9.97 Å². The fourth-order valence-corrected chi connectivity index (χ4v) is 1.81. The third kappa shape index (κ3) is 2.11. The van der Waals surface area contributed by atoms with Crippen LogP contribution in [0.15, 0.2) is 36.9 Å². The van der Waals surface area contributed by atoms with Gasteiger partial charge in [0.2, 0.25) is 0 Å². The van der Waals surface area contributed by atoms with E-state index in [4.69, 9.17) is 0 Å². The Labute approximate surface area is 96.4 Å². The summed E-state index contributed by atoms with van der Waals surface area (Å²) in [4.78, 5) is 8.10. The maximum atomic E-state index is 4.05. The first-order valence-corrected chi connectivity index (χ1v) is 5.54. The minimum Gasteiger partial charge on any atom is -0.244 e. The molecule has 0 bridgehead atoms. The molecule has 2 heteroatoms. The van der Waals surface area contributed by atoms with Gasteiger partial charge in [-0.15, -0.1) is 0 Å². The highest BCUT2D eigenvalue weighted by atomic mass is 14.8. The van der Waals surface area contributed by atoms with Gasteiger partial charge in [0.15, 0.2) is 0 Å². The van der Waals surface area contributed by atoms with Crippen molar-refractivity contribution in [2.24, 2.45) is 0 Å². The summed E-state index contributed by atoms with van der Waals surface area (Å²) >= 11 is 0. The molecular formula is C14H16N2. The van der Waals surface area contributed by atoms with Gasteiger partial charge < -0.3 is 0 Å². The number of rotatable bonds is 2. The average molecular weight is 212 g/mol. The molecule has 1 heterocycles. The second-order valence-corrected chi connectivity index (χ2v) is 4.36. The third-order valence-corrected chi connectivity index (χ3v) is 2.79. The summed E-state index contributed by atoms with van der Waals surface area (Å²) in [7, 11) is 0. The number of hydrogen-bond acceptors (Lipinski definition) is 2. The number of aromatic nitrogens is 2. The molecule has 0 aliphatic carbocycles. The van der Waals surface area contributed by atoms with Crippen molar-refractivity contribution < 1.29 is 0 Å². The van der Waals surface area contributed by atoms with E-state index in [1.807, 2.05) is 12.4 Å². The standard InChI is InChI=1S/C14H16N2/c1-10(2)12-4-5-14(11(3)6-12)13-7-15-9-16-8-13/h4-10H,1-3H3. The van der Waals surface area contributed by atoms with Gasteiger partial charge >= 0.3 is 0 Å². The highest BCUT2D eigenvalue weighted by molar-refractivity contribution is 5.65. The number of hydrogen-bond donors (Lipinski definition) is 0. The molecule has 0 aliphatic rings. The smallest absolute Gasteiger partial charge is 0.115 e. The molecule has 0 spiro atoms. The Bertz CT molecular complexity index is 475. The first-order chi connectivity index (χ1) is 7.68. The highest BCUT2D eigenvalue weighted by Gasteiger charge is 2.05. The molecule has 0 saturated carbocycles. The van der Waals surface area contributed by atoms with E-state index in [0.717, 1.165) is 5.56 Å². The zero-order valence-corrected chi connectivity index (χ0v) is 9.94. The van der Waals surface area contributed by atoms with Crippen LogP contribution in [0.4, 0.5) is 0 Å². The summed E-state index contributed by atoms with van der Waals surface area (Å²) in [6.45, 7) is 6.55. The fourth-order valence-electron chi connectivity index (χ4n) is 1.81. The quantitative estimate of drug-likeness (QED) is 0.760. The molecule has 16 heavy (non-hydrogen) atoms. The first-order valence-electron chi connectivity index (χ1n) is 5.54. The molecule has 0 saturated heterocycles. The number of aryl methyl sites for hydroxylation is 1. The summed E-state index contributed by atoms with van der Waals surface area (Å²) < 4.78 is 0. The van der Waals surface area contributed by atoms with Crippen LogP contribution in [0.5, 0.6) is 0 Å². The van der Waals surface area contributed by atoms with Crippen molar-refractivity contribution in [3.05, 3.63) is 48.0 Å². The number of benzene rings is 1. The molecule has 1 aromatic carbocycles. The molecule has 1 aromatic heterocycles. The molecule has 0 atom stereocenters. The van der Waals surface area contributed by atoms with Crippen LogP contribution in [0, 0.1) is 6.92 Å². The van der Waals surface area contributed by atoms with E-state index in [1.54, 1.807) is 6.33 Å². The molecule has 2 aromatic rings. The lowest BCUT2D eigenvalue weighted by Crippen LogP contribution is -1.91. The average Bonchev–Trinajstić information content (AvgIpc) is 2.30. The van der Waals surface area contributed by atoms with Gasteiger partial charge in [0.1, 0.15) is 6.33 Å². The molecule has 2 nitrogen and oxygen atoms in total. The minimum atomic E-state index is 0.569. The maximum Gasteiger partial charge on any atom is 0.115 e. The molecule has 0 unspecified atom stereocenters. The topological polar surface area (TPSA) is 25.8 Å². The lowest BCUT2D eigenvalue weighted by Gasteiger charge is -2.10. The van der Waals surface area contributed by atoms with Crippen molar-refractivity contribution in [2.45, 2.75) is 26.7 Å². The molecule has 0 N–H and O–H groups in total. The second kappa shape index (κ2) is 4.44. The lowest BCUT2D eigenvalue weighted by molar-refractivity contribution is 0.865. The molecule has 2 rings (SSSR count). The summed E-state index contributed by atoms with van der Waals surface area (Å²) in [6.07, 6.45) is 5.26. The zero-order valence-electron chi connectivity index (χ0n) is 9.94. The Hall–Kier alpha value is -1.70. The Morgan fingerprint density at radius 1 is 1.06 bits per heavy atom. The van der Waals surface area contributed by atoms with Crippen molar-refractivity contribution in [3.63, 3.8) is 0 Å². The maximum absolute atomic E-state index is 4.05. The Morgan fingerprint density at radius 2 is 1.75 bits per heavy atom. The van der Waals surface area contributed by atoms with Gasteiger partial charge in [-0.1, -0.05) is 32.0 Å². The van der Waals surface area contributed by atoms with E-state index in [1.165, 1.54) is 16.7 Å². The molecular weight excluding hydrogens is 196 g/mol. The molecule has 0 aliphatic heterocycles. The van der Waals surface area contributed by atoms with Crippen LogP contribution < -0.4 is 0 Å². The van der Waals surface area contributed by atoms with Crippen LogP contribution in [-0.4, -0.2) is 9.97 Å². The monoisotopic (exact) mass is 212 g/mol. The van der Waals surface area contributed by atoms with Gasteiger partial charge in [-0.2, -0.15) is 0 Å². The summed E-state index contributed by atoms with van der Waals surface area (Å²) in [5.74, 6) is 0.569. The van der Waals surface area contributed by atoms with Gasteiger partial charge in [-0.05, 0) is 29.5 Å². The van der Waals surface area contributed by atoms with Crippen molar-refractivity contribution in [1.82, 2.24) is 9.97 Å². The third-order valence-electron chi connectivity index (χ3n) is 2.79. The largest absolute Gasteiger partial charge is 0.244 e. The van der Waals surface area contributed by atoms with Gasteiger partial charge in [0.25, 0.3) is 0 Å². The van der Waals surface area contributed by atoms with Crippen LogP contribution in [0.3, 0.4) is 0 Å². The van der Waals surface area contributed by atoms with Crippen molar-refractivity contribution >= 4 is 0 Å². The van der Waals surface area contributed by atoms with E-state index in [9.17, 15) is 0 Å². The molecule has 0 fully saturated rings. The predicted molar refractivity (Wildman–Crippen MR) is 66.3 cm³/mol. The first kappa shape index (κ1) is 10.8. The summed E-state index contributed by atoms with van der Waals surface area (Å²) in [5, 5.41) is 0. The predicted octanol–water partition coefficient (Wildman–Crippen LogP) is 3.58. The Balaban J connectivity index is 2.45. The van der Waals surface area contributed by atoms with Crippen LogP contribution in [0.2, 0.25) is 0 Å². The van der Waals surface area contributed by atoms with E-state index < -0.39 is 0 Å². The van der Waals surface area contributed by atoms with Crippen LogP contribution in [0.25, 0.3) is 11.1 Å². The lowest BCUT2D eigenvalue weighted by atomic mass is 9.96.